The first-order valence-corrected chi connectivity index (χ1v) is 21.1. The Morgan fingerprint density at radius 2 is 1.15 bits per heavy atom. The lowest BCUT2D eigenvalue weighted by Gasteiger charge is -2.18. The number of hydrogen-bond acceptors (Lipinski definition) is 3. The van der Waals surface area contributed by atoms with E-state index in [1.54, 1.807) is 0 Å². The van der Waals surface area contributed by atoms with Gasteiger partial charge in [-0.2, -0.15) is 0 Å². The lowest BCUT2D eigenvalue weighted by Crippen LogP contribution is -2.06. The summed E-state index contributed by atoms with van der Waals surface area (Å²) in [6, 6.07) is 71.0. The van der Waals surface area contributed by atoms with E-state index in [9.17, 15) is 0 Å². The standard InChI is InChI=1S/C58H35N3O/c1-3-16-36(17-4-1)50-32-33-53(60-58(59-50)37-18-5-2-6-19-37)61-51-29-14-13-26-44(51)47-31-30-46-43-25-11-12-27-45(43)54(55(46)56(47)61)48-28-15-21-39-35-52(62-57(39)48)49-34-38-20-7-8-22-40(38)41-23-9-10-24-42(41)49/h1-32,34-35,54H. The van der Waals surface area contributed by atoms with E-state index in [0.717, 1.165) is 66.5 Å². The highest BCUT2D eigenvalue weighted by molar-refractivity contribution is 6.20. The summed E-state index contributed by atoms with van der Waals surface area (Å²) in [5, 5.41) is 8.21. The molecule has 0 saturated heterocycles. The third-order valence-corrected chi connectivity index (χ3v) is 12.7. The number of rotatable bonds is 5. The lowest BCUT2D eigenvalue weighted by atomic mass is 9.87. The molecule has 9 aromatic carbocycles. The van der Waals surface area contributed by atoms with Crippen molar-refractivity contribution in [3.05, 3.63) is 240 Å². The second kappa shape index (κ2) is 13.6. The molecule has 288 valence electrons. The molecule has 1 aliphatic carbocycles. The Kier molecular flexibility index (Phi) is 7.59. The quantitative estimate of drug-likeness (QED) is 0.126. The molecule has 13 rings (SSSR count). The van der Waals surface area contributed by atoms with Crippen LogP contribution in [0.15, 0.2) is 226 Å². The van der Waals surface area contributed by atoms with E-state index in [2.05, 4.69) is 174 Å². The van der Waals surface area contributed by atoms with E-state index >= 15 is 0 Å². The maximum atomic E-state index is 7.17. The molecule has 4 nitrogen and oxygen atoms in total. The minimum Gasteiger partial charge on any atom is -0.456 e. The topological polar surface area (TPSA) is 42.8 Å². The van der Waals surface area contributed by atoms with E-state index in [4.69, 9.17) is 14.4 Å². The van der Waals surface area contributed by atoms with Gasteiger partial charge in [-0.3, -0.25) is 4.57 Å². The Bertz CT molecular complexity index is 3780. The Hall–Kier alpha value is -8.30. The number of aromatic nitrogens is 1. The van der Waals surface area contributed by atoms with Crippen LogP contribution in [0.5, 0.6) is 0 Å². The van der Waals surface area contributed by atoms with Crippen LogP contribution in [0.4, 0.5) is 0 Å². The van der Waals surface area contributed by atoms with Crippen molar-refractivity contribution in [1.29, 1.82) is 0 Å². The molecule has 0 bridgehead atoms. The van der Waals surface area contributed by atoms with Gasteiger partial charge in [-0.05, 0) is 62.0 Å². The highest BCUT2D eigenvalue weighted by Gasteiger charge is 2.36. The Morgan fingerprint density at radius 3 is 2.00 bits per heavy atom. The van der Waals surface area contributed by atoms with Crippen LogP contribution in [0.3, 0.4) is 0 Å². The number of aliphatic imine (C=N–C) groups is 2. The normalized spacial score (nSPS) is 14.6. The van der Waals surface area contributed by atoms with Crippen molar-refractivity contribution in [2.24, 2.45) is 9.98 Å². The molecule has 4 heteroatoms. The number of para-hydroxylation sites is 2. The predicted octanol–water partition coefficient (Wildman–Crippen LogP) is 14.6. The second-order valence-electron chi connectivity index (χ2n) is 16.1. The van der Waals surface area contributed by atoms with Gasteiger partial charge >= 0.3 is 0 Å². The monoisotopic (exact) mass is 789 g/mol. The average Bonchev–Trinajstić information content (AvgIpc) is 3.97. The summed E-state index contributed by atoms with van der Waals surface area (Å²) in [6.45, 7) is 0. The van der Waals surface area contributed by atoms with Gasteiger partial charge in [-0.15, -0.1) is 0 Å². The summed E-state index contributed by atoms with van der Waals surface area (Å²) in [5.74, 6) is 2.04. The maximum Gasteiger partial charge on any atom is 0.184 e. The van der Waals surface area contributed by atoms with Gasteiger partial charge in [-0.25, -0.2) is 9.98 Å². The molecule has 11 aromatic rings. The molecule has 0 amide bonds. The smallest absolute Gasteiger partial charge is 0.184 e. The van der Waals surface area contributed by atoms with E-state index in [0.29, 0.717) is 11.7 Å². The first-order chi connectivity index (χ1) is 30.8. The SMILES string of the molecule is C1=CC(c2ccccc2)=NC(c2ccccc2)=NC=1n1c2ccccc2c2ccc3c(c21)C(c1cccc2cc(-c4cc5ccccc5c5ccccc45)oc12)c1ccccc1-3. The maximum absolute atomic E-state index is 7.17. The average molecular weight is 790 g/mol. The minimum absolute atomic E-state index is 0.131. The number of fused-ring (bicyclic) bond motifs is 11. The molecule has 2 aliphatic rings. The summed E-state index contributed by atoms with van der Waals surface area (Å²) in [5.41, 5.74) is 16.6. The second-order valence-corrected chi connectivity index (χ2v) is 16.1. The fourth-order valence-corrected chi connectivity index (χ4v) is 10.0. The van der Waals surface area contributed by atoms with Crippen molar-refractivity contribution in [3.63, 3.8) is 0 Å². The first-order valence-electron chi connectivity index (χ1n) is 21.1. The van der Waals surface area contributed by atoms with Crippen LogP contribution in [0.1, 0.15) is 33.7 Å². The predicted molar refractivity (Wildman–Crippen MR) is 256 cm³/mol. The Balaban J connectivity index is 1.08. The highest BCUT2D eigenvalue weighted by atomic mass is 16.3. The van der Waals surface area contributed by atoms with Gasteiger partial charge in [0.1, 0.15) is 11.3 Å². The zero-order valence-electron chi connectivity index (χ0n) is 33.5. The van der Waals surface area contributed by atoms with Crippen LogP contribution >= 0.6 is 0 Å². The zero-order valence-corrected chi connectivity index (χ0v) is 33.5. The van der Waals surface area contributed by atoms with Crippen LogP contribution in [0, 0.1) is 0 Å². The molecule has 0 N–H and O–H groups in total. The van der Waals surface area contributed by atoms with E-state index in [1.165, 1.54) is 43.8 Å². The number of hydrogen-bond donors (Lipinski definition) is 0. The largest absolute Gasteiger partial charge is 0.456 e. The first kappa shape index (κ1) is 34.6. The van der Waals surface area contributed by atoms with Crippen LogP contribution in [0.25, 0.3) is 82.6 Å². The van der Waals surface area contributed by atoms with Crippen LogP contribution in [-0.4, -0.2) is 16.1 Å². The van der Waals surface area contributed by atoms with E-state index in [1.807, 2.05) is 42.5 Å². The van der Waals surface area contributed by atoms with E-state index < -0.39 is 0 Å². The van der Waals surface area contributed by atoms with Crippen LogP contribution in [0.2, 0.25) is 0 Å². The molecule has 0 saturated carbocycles. The zero-order chi connectivity index (χ0) is 40.7. The number of furan rings is 1. The number of benzene rings is 9. The number of amidine groups is 1. The summed E-state index contributed by atoms with van der Waals surface area (Å²) >= 11 is 0. The van der Waals surface area contributed by atoms with Crippen molar-refractivity contribution in [3.8, 4) is 22.5 Å². The Labute approximate surface area is 357 Å². The highest BCUT2D eigenvalue weighted by Crippen LogP contribution is 2.54. The fraction of sp³-hybridized carbons (Fsp3) is 0.0172. The third-order valence-electron chi connectivity index (χ3n) is 12.7. The Morgan fingerprint density at radius 1 is 0.468 bits per heavy atom. The molecule has 0 fully saturated rings. The van der Waals surface area contributed by atoms with E-state index in [-0.39, 0.29) is 5.92 Å². The minimum atomic E-state index is -0.131. The van der Waals surface area contributed by atoms with Crippen molar-refractivity contribution in [2.45, 2.75) is 5.92 Å². The van der Waals surface area contributed by atoms with Crippen molar-refractivity contribution < 1.29 is 4.42 Å². The van der Waals surface area contributed by atoms with Gasteiger partial charge in [0.15, 0.2) is 11.7 Å². The number of nitrogens with zero attached hydrogens (tertiary/aromatic N) is 3. The summed E-state index contributed by atoms with van der Waals surface area (Å²) in [7, 11) is 0. The molecule has 0 spiro atoms. The molecule has 1 unspecified atom stereocenters. The van der Waals surface area contributed by atoms with Crippen LogP contribution < -0.4 is 0 Å². The molecule has 2 aromatic heterocycles. The van der Waals surface area contributed by atoms with Gasteiger partial charge in [0, 0.05) is 50.4 Å². The summed E-state index contributed by atoms with van der Waals surface area (Å²) in [6.07, 6.45) is 1.99. The van der Waals surface area contributed by atoms with Gasteiger partial charge in [-0.1, -0.05) is 188 Å². The van der Waals surface area contributed by atoms with Gasteiger partial charge in [0.05, 0.1) is 16.7 Å². The van der Waals surface area contributed by atoms with Crippen molar-refractivity contribution in [1.82, 2.24) is 4.57 Å². The number of allylic oxidation sites excluding steroid dienone is 1. The molecule has 62 heavy (non-hydrogen) atoms. The third kappa shape index (κ3) is 5.21. The van der Waals surface area contributed by atoms with Crippen molar-refractivity contribution >= 4 is 71.7 Å². The fourth-order valence-electron chi connectivity index (χ4n) is 10.0. The molecule has 1 atom stereocenters. The van der Waals surface area contributed by atoms with Crippen LogP contribution in [-0.2, 0) is 0 Å². The van der Waals surface area contributed by atoms with Gasteiger partial charge in [0.25, 0.3) is 0 Å². The molecule has 1 aliphatic heterocycles. The molecular weight excluding hydrogens is 755 g/mol. The molecular formula is C58H35N3O. The summed E-state index contributed by atoms with van der Waals surface area (Å²) < 4.78 is 9.49. The van der Waals surface area contributed by atoms with Crippen molar-refractivity contribution in [2.75, 3.05) is 0 Å². The molecule has 3 heterocycles. The molecule has 0 radical (unpaired) electrons. The lowest BCUT2D eigenvalue weighted by molar-refractivity contribution is 0.626. The van der Waals surface area contributed by atoms with Gasteiger partial charge in [0.2, 0.25) is 0 Å². The van der Waals surface area contributed by atoms with Gasteiger partial charge < -0.3 is 4.42 Å². The summed E-state index contributed by atoms with van der Waals surface area (Å²) in [4.78, 5) is 10.6.